The number of nitrogens with zero attached hydrogens (tertiary/aromatic N) is 1. The Balaban J connectivity index is 2.20. The zero-order chi connectivity index (χ0) is 16.2. The predicted octanol–water partition coefficient (Wildman–Crippen LogP) is 6.23. The highest BCUT2D eigenvalue weighted by molar-refractivity contribution is 9.10. The molecule has 0 aliphatic heterocycles. The van der Waals surface area contributed by atoms with Crippen LogP contribution in [0.1, 0.15) is 23.6 Å². The average molecular weight is 362 g/mol. The van der Waals surface area contributed by atoms with E-state index in [0.717, 1.165) is 27.4 Å². The number of hydrogen-bond donors (Lipinski definition) is 0. The van der Waals surface area contributed by atoms with Gasteiger partial charge >= 0.3 is 0 Å². The van der Waals surface area contributed by atoms with Crippen LogP contribution in [-0.2, 0) is 6.42 Å². The van der Waals surface area contributed by atoms with Gasteiger partial charge in [0.15, 0.2) is 0 Å². The van der Waals surface area contributed by atoms with E-state index < -0.39 is 0 Å². The molecule has 0 heterocycles. The number of rotatable bonds is 3. The van der Waals surface area contributed by atoms with Crippen molar-refractivity contribution in [2.45, 2.75) is 13.3 Å². The quantitative estimate of drug-likeness (QED) is 0.400. The normalized spacial score (nSPS) is 11.4. The van der Waals surface area contributed by atoms with E-state index in [9.17, 15) is 5.26 Å². The summed E-state index contributed by atoms with van der Waals surface area (Å²) < 4.78 is 1.05. The first-order valence-electron chi connectivity index (χ1n) is 7.62. The molecular formula is C21H16BrN. The minimum absolute atomic E-state index is 0.694. The fraction of sp³-hybridized carbons (Fsp3) is 0.0952. The van der Waals surface area contributed by atoms with Crippen molar-refractivity contribution in [3.63, 3.8) is 0 Å². The second kappa shape index (κ2) is 6.81. The molecule has 0 fully saturated rings. The molecule has 3 aromatic rings. The Morgan fingerprint density at radius 3 is 2.57 bits per heavy atom. The lowest BCUT2D eigenvalue weighted by molar-refractivity contribution is 1.12. The lowest BCUT2D eigenvalue weighted by Gasteiger charge is -2.10. The van der Waals surface area contributed by atoms with Gasteiger partial charge in [0.1, 0.15) is 0 Å². The van der Waals surface area contributed by atoms with E-state index in [0.29, 0.717) is 5.57 Å². The van der Waals surface area contributed by atoms with E-state index in [1.807, 2.05) is 42.5 Å². The third-order valence-electron chi connectivity index (χ3n) is 4.01. The second-order valence-electron chi connectivity index (χ2n) is 5.36. The van der Waals surface area contributed by atoms with Crippen molar-refractivity contribution >= 4 is 38.4 Å². The van der Waals surface area contributed by atoms with E-state index >= 15 is 0 Å². The molecule has 23 heavy (non-hydrogen) atoms. The van der Waals surface area contributed by atoms with Gasteiger partial charge in [-0.3, -0.25) is 0 Å². The summed E-state index contributed by atoms with van der Waals surface area (Å²) in [5, 5.41) is 12.0. The Morgan fingerprint density at radius 1 is 1.04 bits per heavy atom. The maximum Gasteiger partial charge on any atom is 0.0998 e. The van der Waals surface area contributed by atoms with Crippen molar-refractivity contribution in [3.8, 4) is 6.07 Å². The maximum absolute atomic E-state index is 9.69. The minimum Gasteiger partial charge on any atom is -0.192 e. The molecule has 1 nitrogen and oxygen atoms in total. The van der Waals surface area contributed by atoms with Crippen LogP contribution < -0.4 is 0 Å². The van der Waals surface area contributed by atoms with Crippen LogP contribution in [0.5, 0.6) is 0 Å². The van der Waals surface area contributed by atoms with Gasteiger partial charge in [0.2, 0.25) is 0 Å². The lowest BCUT2D eigenvalue weighted by atomic mass is 9.95. The molecule has 3 rings (SSSR count). The van der Waals surface area contributed by atoms with E-state index in [-0.39, 0.29) is 0 Å². The summed E-state index contributed by atoms with van der Waals surface area (Å²) in [6, 6.07) is 22.8. The highest BCUT2D eigenvalue weighted by Gasteiger charge is 2.10. The smallest absolute Gasteiger partial charge is 0.0998 e. The number of halogens is 1. The van der Waals surface area contributed by atoms with Crippen LogP contribution in [-0.4, -0.2) is 0 Å². The second-order valence-corrected chi connectivity index (χ2v) is 6.21. The standard InChI is InChI=1S/C21H16BrN/c1-2-18-20(11-6-12-21(18)22)17(14-23)13-16-9-5-8-15-7-3-4-10-19(15)16/h3-13H,2H2,1H3. The summed E-state index contributed by atoms with van der Waals surface area (Å²) in [7, 11) is 0. The molecule has 0 saturated carbocycles. The van der Waals surface area contributed by atoms with Crippen LogP contribution in [0.25, 0.3) is 22.4 Å². The third-order valence-corrected chi connectivity index (χ3v) is 4.75. The number of hydrogen-bond acceptors (Lipinski definition) is 1. The Bertz CT molecular complexity index is 927. The Kier molecular flexibility index (Phi) is 4.60. The molecule has 0 bridgehead atoms. The average Bonchev–Trinajstić information content (AvgIpc) is 2.59. The zero-order valence-corrected chi connectivity index (χ0v) is 14.5. The molecule has 0 N–H and O–H groups in total. The van der Waals surface area contributed by atoms with E-state index in [2.05, 4.69) is 53.2 Å². The van der Waals surface area contributed by atoms with Crippen LogP contribution in [0.15, 0.2) is 65.1 Å². The molecule has 0 aliphatic rings. The summed E-state index contributed by atoms with van der Waals surface area (Å²) in [4.78, 5) is 0. The van der Waals surface area contributed by atoms with Gasteiger partial charge in [0.05, 0.1) is 11.6 Å². The third kappa shape index (κ3) is 3.06. The highest BCUT2D eigenvalue weighted by atomic mass is 79.9. The largest absolute Gasteiger partial charge is 0.192 e. The Labute approximate surface area is 145 Å². The van der Waals surface area contributed by atoms with Crippen molar-refractivity contribution in [1.29, 1.82) is 5.26 Å². The van der Waals surface area contributed by atoms with Crippen molar-refractivity contribution in [3.05, 3.63) is 81.8 Å². The predicted molar refractivity (Wildman–Crippen MR) is 101 cm³/mol. The van der Waals surface area contributed by atoms with Crippen LogP contribution >= 0.6 is 15.9 Å². The van der Waals surface area contributed by atoms with Crippen LogP contribution in [0, 0.1) is 11.3 Å². The first-order chi connectivity index (χ1) is 11.2. The number of benzene rings is 3. The van der Waals surface area contributed by atoms with Crippen molar-refractivity contribution in [2.24, 2.45) is 0 Å². The van der Waals surface area contributed by atoms with Gasteiger partial charge in [-0.2, -0.15) is 5.26 Å². The highest BCUT2D eigenvalue weighted by Crippen LogP contribution is 2.29. The van der Waals surface area contributed by atoms with E-state index in [4.69, 9.17) is 0 Å². The molecular weight excluding hydrogens is 346 g/mol. The van der Waals surface area contributed by atoms with Gasteiger partial charge in [-0.25, -0.2) is 0 Å². The minimum atomic E-state index is 0.694. The van der Waals surface area contributed by atoms with Crippen LogP contribution in [0.3, 0.4) is 0 Å². The van der Waals surface area contributed by atoms with E-state index in [1.54, 1.807) is 0 Å². The van der Waals surface area contributed by atoms with Crippen molar-refractivity contribution in [1.82, 2.24) is 0 Å². The fourth-order valence-electron chi connectivity index (χ4n) is 2.87. The molecule has 0 spiro atoms. The molecule has 3 aromatic carbocycles. The topological polar surface area (TPSA) is 23.8 Å². The summed E-state index contributed by atoms with van der Waals surface area (Å²) >= 11 is 3.59. The summed E-state index contributed by atoms with van der Waals surface area (Å²) in [5.74, 6) is 0. The van der Waals surface area contributed by atoms with Crippen LogP contribution in [0.4, 0.5) is 0 Å². The van der Waals surface area contributed by atoms with Gasteiger partial charge in [-0.1, -0.05) is 77.5 Å². The summed E-state index contributed by atoms with van der Waals surface area (Å²) in [6.07, 6.45) is 2.87. The molecule has 0 unspecified atom stereocenters. The molecule has 0 radical (unpaired) electrons. The number of fused-ring (bicyclic) bond motifs is 1. The molecule has 2 heteroatoms. The first kappa shape index (κ1) is 15.5. The molecule has 0 saturated heterocycles. The van der Waals surface area contributed by atoms with E-state index in [1.165, 1.54) is 10.9 Å². The van der Waals surface area contributed by atoms with Crippen LogP contribution in [0.2, 0.25) is 0 Å². The monoisotopic (exact) mass is 361 g/mol. The molecule has 0 aliphatic carbocycles. The molecule has 0 amide bonds. The zero-order valence-electron chi connectivity index (χ0n) is 12.9. The SMILES string of the molecule is CCc1c(Br)cccc1C(C#N)=Cc1cccc2ccccc12. The van der Waals surface area contributed by atoms with Gasteiger partial charge in [0, 0.05) is 4.47 Å². The Hall–Kier alpha value is -2.37. The van der Waals surface area contributed by atoms with Crippen molar-refractivity contribution < 1.29 is 0 Å². The Morgan fingerprint density at radius 2 is 1.78 bits per heavy atom. The lowest BCUT2D eigenvalue weighted by Crippen LogP contribution is -1.93. The summed E-state index contributed by atoms with van der Waals surface area (Å²) in [5.41, 5.74) is 3.93. The molecule has 0 aromatic heterocycles. The van der Waals surface area contributed by atoms with Crippen molar-refractivity contribution in [2.75, 3.05) is 0 Å². The molecule has 0 atom stereocenters. The van der Waals surface area contributed by atoms with Gasteiger partial charge < -0.3 is 0 Å². The van der Waals surface area contributed by atoms with Gasteiger partial charge in [0.25, 0.3) is 0 Å². The summed E-state index contributed by atoms with van der Waals surface area (Å²) in [6.45, 7) is 2.11. The number of allylic oxidation sites excluding steroid dienone is 1. The first-order valence-corrected chi connectivity index (χ1v) is 8.41. The number of nitriles is 1. The maximum atomic E-state index is 9.69. The fourth-order valence-corrected chi connectivity index (χ4v) is 3.52. The van der Waals surface area contributed by atoms with Gasteiger partial charge in [-0.05, 0) is 46.0 Å². The van der Waals surface area contributed by atoms with Gasteiger partial charge in [-0.15, -0.1) is 0 Å². The molecule has 112 valence electrons.